The summed E-state index contributed by atoms with van der Waals surface area (Å²) in [4.78, 5) is 35.0. The number of hydrogen-bond donors (Lipinski definition) is 4. The molecule has 1 atom stereocenters. The number of Topliss-reactive ketones (excluding diaryl/α,β-unsaturated/α-hetero) is 2. The zero-order chi connectivity index (χ0) is 21.6. The van der Waals surface area contributed by atoms with Crippen molar-refractivity contribution in [3.8, 4) is 0 Å². The molecule has 0 aliphatic rings. The summed E-state index contributed by atoms with van der Waals surface area (Å²) in [5.41, 5.74) is 4.63. The van der Waals surface area contributed by atoms with E-state index in [1.54, 1.807) is 13.8 Å². The maximum Gasteiger partial charge on any atom is 0.265 e. The third-order valence-electron chi connectivity index (χ3n) is 4.53. The van der Waals surface area contributed by atoms with Crippen LogP contribution in [0.5, 0.6) is 0 Å². The van der Waals surface area contributed by atoms with Gasteiger partial charge in [-0.2, -0.15) is 0 Å². The largest absolute Gasteiger partial charge is 0.394 e. The Morgan fingerprint density at radius 3 is 1.82 bits per heavy atom. The number of hydrogen-bond acceptors (Lipinski definition) is 7. The highest BCUT2D eigenvalue weighted by molar-refractivity contribution is 5.82. The summed E-state index contributed by atoms with van der Waals surface area (Å²) >= 11 is 0. The number of nitrogens with zero attached hydrogens (tertiary/aromatic N) is 1. The highest BCUT2D eigenvalue weighted by Gasteiger charge is 2.19. The second-order valence-corrected chi connectivity index (χ2v) is 8.01. The molecule has 5 N–H and O–H groups in total. The van der Waals surface area contributed by atoms with Crippen molar-refractivity contribution < 1.29 is 29.8 Å². The first-order valence-corrected chi connectivity index (χ1v) is 10.2. The highest BCUT2D eigenvalue weighted by atomic mass is 16.5. The standard InChI is InChI=1S/C20H38N2O6/c1-20(2,27)13-8-7-11-16(24)9-5-3-4-6-10-17(25)12-14-22(28)19(26)18(21)15-23/h18,23,27-28H,3-15,21H2,1-2H3. The van der Waals surface area contributed by atoms with Crippen LogP contribution >= 0.6 is 0 Å². The van der Waals surface area contributed by atoms with Gasteiger partial charge in [0.15, 0.2) is 0 Å². The van der Waals surface area contributed by atoms with E-state index >= 15 is 0 Å². The summed E-state index contributed by atoms with van der Waals surface area (Å²) in [6.45, 7) is 2.85. The van der Waals surface area contributed by atoms with Crippen LogP contribution in [0.25, 0.3) is 0 Å². The van der Waals surface area contributed by atoms with Gasteiger partial charge in [-0.25, -0.2) is 5.06 Å². The predicted octanol–water partition coefficient (Wildman–Crippen LogP) is 1.72. The summed E-state index contributed by atoms with van der Waals surface area (Å²) in [7, 11) is 0. The number of ketones is 2. The van der Waals surface area contributed by atoms with Crippen molar-refractivity contribution in [2.24, 2.45) is 5.73 Å². The van der Waals surface area contributed by atoms with Crippen molar-refractivity contribution in [1.29, 1.82) is 0 Å². The SMILES string of the molecule is CC(C)(O)CCCCC(=O)CCCCCCC(=O)CCN(O)C(=O)C(N)CO. The van der Waals surface area contributed by atoms with Gasteiger partial charge >= 0.3 is 0 Å². The molecule has 0 saturated heterocycles. The van der Waals surface area contributed by atoms with Gasteiger partial charge in [0.1, 0.15) is 17.6 Å². The molecule has 0 fully saturated rings. The van der Waals surface area contributed by atoms with E-state index in [0.29, 0.717) is 37.2 Å². The van der Waals surface area contributed by atoms with E-state index in [1.165, 1.54) is 0 Å². The highest BCUT2D eigenvalue weighted by Crippen LogP contribution is 2.14. The van der Waals surface area contributed by atoms with E-state index in [9.17, 15) is 24.7 Å². The molecule has 1 unspecified atom stereocenters. The average molecular weight is 403 g/mol. The van der Waals surface area contributed by atoms with Crippen LogP contribution in [0.15, 0.2) is 0 Å². The molecule has 164 valence electrons. The van der Waals surface area contributed by atoms with Gasteiger partial charge in [-0.1, -0.05) is 19.3 Å². The Kier molecular flexibility index (Phi) is 13.9. The Morgan fingerprint density at radius 1 is 0.893 bits per heavy atom. The van der Waals surface area contributed by atoms with Gasteiger partial charge in [-0.15, -0.1) is 0 Å². The number of unbranched alkanes of at least 4 members (excludes halogenated alkanes) is 4. The Labute approximate surface area is 168 Å². The van der Waals surface area contributed by atoms with Gasteiger partial charge in [0.25, 0.3) is 5.91 Å². The van der Waals surface area contributed by atoms with Crippen LogP contribution in [0, 0.1) is 0 Å². The molecule has 0 saturated carbocycles. The van der Waals surface area contributed by atoms with Crippen molar-refractivity contribution in [3.63, 3.8) is 0 Å². The molecule has 0 radical (unpaired) electrons. The number of aliphatic hydroxyl groups excluding tert-OH is 1. The van der Waals surface area contributed by atoms with Crippen LogP contribution in [-0.4, -0.2) is 62.8 Å². The van der Waals surface area contributed by atoms with Gasteiger partial charge in [0.2, 0.25) is 0 Å². The van der Waals surface area contributed by atoms with Gasteiger partial charge in [-0.05, 0) is 39.5 Å². The number of nitrogens with two attached hydrogens (primary N) is 1. The van der Waals surface area contributed by atoms with Crippen molar-refractivity contribution in [2.45, 2.75) is 96.1 Å². The van der Waals surface area contributed by atoms with Crippen molar-refractivity contribution in [3.05, 3.63) is 0 Å². The van der Waals surface area contributed by atoms with Gasteiger partial charge in [-0.3, -0.25) is 19.6 Å². The molecule has 0 aromatic heterocycles. The third-order valence-corrected chi connectivity index (χ3v) is 4.53. The molecule has 0 spiro atoms. The summed E-state index contributed by atoms with van der Waals surface area (Å²) in [6.07, 6.45) is 7.17. The molecule has 0 rings (SSSR count). The van der Waals surface area contributed by atoms with Crippen LogP contribution in [0.3, 0.4) is 0 Å². The molecule has 28 heavy (non-hydrogen) atoms. The number of amides is 1. The van der Waals surface area contributed by atoms with Gasteiger partial charge in [0, 0.05) is 25.7 Å². The normalized spacial score (nSPS) is 12.6. The topological polar surface area (TPSA) is 141 Å². The molecule has 0 aromatic rings. The first kappa shape index (κ1) is 26.6. The van der Waals surface area contributed by atoms with Crippen LogP contribution < -0.4 is 5.73 Å². The Hall–Kier alpha value is -1.35. The number of aliphatic hydroxyl groups is 2. The van der Waals surface area contributed by atoms with Crippen molar-refractivity contribution in [1.82, 2.24) is 5.06 Å². The lowest BCUT2D eigenvalue weighted by atomic mass is 9.99. The summed E-state index contributed by atoms with van der Waals surface area (Å²) in [5.74, 6) is -0.604. The number of hydroxylamine groups is 2. The lowest BCUT2D eigenvalue weighted by Gasteiger charge is -2.17. The molecular formula is C20H38N2O6. The molecule has 8 heteroatoms. The van der Waals surface area contributed by atoms with Crippen LogP contribution in [0.2, 0.25) is 0 Å². The van der Waals surface area contributed by atoms with Crippen molar-refractivity contribution >= 4 is 17.5 Å². The summed E-state index contributed by atoms with van der Waals surface area (Å²) in [6, 6.07) is -1.18. The molecule has 0 aromatic carbocycles. The van der Waals surface area contributed by atoms with E-state index in [0.717, 1.165) is 32.1 Å². The van der Waals surface area contributed by atoms with E-state index < -0.39 is 24.2 Å². The van der Waals surface area contributed by atoms with Gasteiger partial charge in [0.05, 0.1) is 18.8 Å². The quantitative estimate of drug-likeness (QED) is 0.165. The van der Waals surface area contributed by atoms with Crippen molar-refractivity contribution in [2.75, 3.05) is 13.2 Å². The van der Waals surface area contributed by atoms with Crippen LogP contribution in [-0.2, 0) is 14.4 Å². The number of carbonyl (C=O) groups excluding carboxylic acids is 3. The molecule has 0 aliphatic carbocycles. The molecule has 1 amide bonds. The molecule has 0 aliphatic heterocycles. The zero-order valence-corrected chi connectivity index (χ0v) is 17.4. The molecule has 8 nitrogen and oxygen atoms in total. The van der Waals surface area contributed by atoms with Gasteiger partial charge < -0.3 is 15.9 Å². The molecule has 0 bridgehead atoms. The minimum absolute atomic E-state index is 0.0452. The Bertz CT molecular complexity index is 476. The maximum atomic E-state index is 11.8. The average Bonchev–Trinajstić information content (AvgIpc) is 2.63. The molecule has 0 heterocycles. The second-order valence-electron chi connectivity index (χ2n) is 8.01. The molecular weight excluding hydrogens is 364 g/mol. The summed E-state index contributed by atoms with van der Waals surface area (Å²) in [5, 5.41) is 28.2. The Balaban J connectivity index is 3.63. The zero-order valence-electron chi connectivity index (χ0n) is 17.4. The third kappa shape index (κ3) is 14.7. The fourth-order valence-electron chi connectivity index (χ4n) is 2.74. The van der Waals surface area contributed by atoms with Crippen LogP contribution in [0.1, 0.15) is 84.5 Å². The van der Waals surface area contributed by atoms with E-state index in [-0.39, 0.29) is 24.5 Å². The monoisotopic (exact) mass is 402 g/mol. The predicted molar refractivity (Wildman–Crippen MR) is 106 cm³/mol. The lowest BCUT2D eigenvalue weighted by Crippen LogP contribution is -2.44. The smallest absolute Gasteiger partial charge is 0.265 e. The maximum absolute atomic E-state index is 11.8. The first-order chi connectivity index (χ1) is 13.1. The number of rotatable bonds is 17. The number of carbonyl (C=O) groups is 3. The second kappa shape index (κ2) is 14.6. The first-order valence-electron chi connectivity index (χ1n) is 10.2. The summed E-state index contributed by atoms with van der Waals surface area (Å²) < 4.78 is 0. The van der Waals surface area contributed by atoms with E-state index in [2.05, 4.69) is 0 Å². The fraction of sp³-hybridized carbons (Fsp3) is 0.850. The minimum atomic E-state index is -1.18. The fourth-order valence-corrected chi connectivity index (χ4v) is 2.74. The van der Waals surface area contributed by atoms with E-state index in [1.807, 2.05) is 0 Å². The van der Waals surface area contributed by atoms with Crippen LogP contribution in [0.4, 0.5) is 0 Å². The minimum Gasteiger partial charge on any atom is -0.394 e. The Morgan fingerprint density at radius 2 is 1.36 bits per heavy atom. The lowest BCUT2D eigenvalue weighted by molar-refractivity contribution is -0.168. The van der Waals surface area contributed by atoms with E-state index in [4.69, 9.17) is 10.8 Å².